The average molecular weight is 322 g/mol. The number of hydrogen-bond acceptors (Lipinski definition) is 6. The summed E-state index contributed by atoms with van der Waals surface area (Å²) in [5.74, 6) is 0.381. The highest BCUT2D eigenvalue weighted by molar-refractivity contribution is 5.83. The fourth-order valence-electron chi connectivity index (χ4n) is 2.56. The van der Waals surface area contributed by atoms with Gasteiger partial charge in [0, 0.05) is 19.6 Å². The second kappa shape index (κ2) is 7.23. The lowest BCUT2D eigenvalue weighted by Gasteiger charge is -2.34. The van der Waals surface area contributed by atoms with Gasteiger partial charge in [-0.2, -0.15) is 5.10 Å². The monoisotopic (exact) mass is 322 g/mol. The standard InChI is InChI=1S/C16H26N4O3/c1-11-8-20(9-12(2)22-11)10-13-6-7-14(19-18-13)17-15(21)23-16(3,4)5/h6-7,11-12H,8-10H2,1-5H3,(H,17,19,21). The maximum absolute atomic E-state index is 11.7. The normalized spacial score (nSPS) is 22.7. The number of rotatable bonds is 3. The zero-order valence-electron chi connectivity index (χ0n) is 14.5. The second-order valence-corrected chi connectivity index (χ2v) is 6.99. The Hall–Kier alpha value is -1.73. The summed E-state index contributed by atoms with van der Waals surface area (Å²) < 4.78 is 10.9. The van der Waals surface area contributed by atoms with Crippen LogP contribution < -0.4 is 5.32 Å². The summed E-state index contributed by atoms with van der Waals surface area (Å²) in [5.41, 5.74) is 0.322. The molecular weight excluding hydrogens is 296 g/mol. The molecular formula is C16H26N4O3. The third kappa shape index (κ3) is 6.11. The number of carbonyl (C=O) groups excluding carboxylic acids is 1. The molecule has 1 aromatic heterocycles. The van der Waals surface area contributed by atoms with Gasteiger partial charge in [0.1, 0.15) is 5.60 Å². The van der Waals surface area contributed by atoms with E-state index < -0.39 is 11.7 Å². The SMILES string of the molecule is CC1CN(Cc2ccc(NC(=O)OC(C)(C)C)nn2)CC(C)O1. The van der Waals surface area contributed by atoms with Crippen molar-refractivity contribution in [3.8, 4) is 0 Å². The maximum atomic E-state index is 11.7. The van der Waals surface area contributed by atoms with Crippen LogP contribution in [-0.4, -0.2) is 52.1 Å². The predicted octanol–water partition coefficient (Wildman–Crippen LogP) is 2.43. The Kier molecular flexibility index (Phi) is 5.54. The number of morpholine rings is 1. The Morgan fingerprint density at radius 1 is 1.30 bits per heavy atom. The molecule has 2 rings (SSSR count). The second-order valence-electron chi connectivity index (χ2n) is 6.99. The van der Waals surface area contributed by atoms with Crippen molar-refractivity contribution in [2.24, 2.45) is 0 Å². The Bertz CT molecular complexity index is 517. The molecule has 1 aromatic rings. The molecule has 1 amide bonds. The third-order valence-corrected chi connectivity index (χ3v) is 3.23. The highest BCUT2D eigenvalue weighted by Gasteiger charge is 2.22. The van der Waals surface area contributed by atoms with E-state index in [1.807, 2.05) is 26.8 Å². The highest BCUT2D eigenvalue weighted by Crippen LogP contribution is 2.14. The first-order valence-corrected chi connectivity index (χ1v) is 7.92. The van der Waals surface area contributed by atoms with Crippen LogP contribution >= 0.6 is 0 Å². The number of hydrogen-bond donors (Lipinski definition) is 1. The van der Waals surface area contributed by atoms with Crippen molar-refractivity contribution in [2.75, 3.05) is 18.4 Å². The molecule has 23 heavy (non-hydrogen) atoms. The van der Waals surface area contributed by atoms with E-state index >= 15 is 0 Å². The Morgan fingerprint density at radius 2 is 1.96 bits per heavy atom. The van der Waals surface area contributed by atoms with Gasteiger partial charge in [0.05, 0.1) is 17.9 Å². The van der Waals surface area contributed by atoms with Crippen LogP contribution in [0.25, 0.3) is 0 Å². The van der Waals surface area contributed by atoms with Crippen molar-refractivity contribution in [2.45, 2.75) is 59.0 Å². The summed E-state index contributed by atoms with van der Waals surface area (Å²) in [4.78, 5) is 14.0. The lowest BCUT2D eigenvalue weighted by Crippen LogP contribution is -2.44. The highest BCUT2D eigenvalue weighted by atomic mass is 16.6. The van der Waals surface area contributed by atoms with Gasteiger partial charge in [0.2, 0.25) is 0 Å². The molecule has 0 saturated carbocycles. The van der Waals surface area contributed by atoms with Crippen molar-refractivity contribution in [3.63, 3.8) is 0 Å². The largest absolute Gasteiger partial charge is 0.444 e. The van der Waals surface area contributed by atoms with Crippen LogP contribution in [0.5, 0.6) is 0 Å². The quantitative estimate of drug-likeness (QED) is 0.921. The minimum absolute atomic E-state index is 0.222. The summed E-state index contributed by atoms with van der Waals surface area (Å²) in [7, 11) is 0. The van der Waals surface area contributed by atoms with E-state index in [4.69, 9.17) is 9.47 Å². The average Bonchev–Trinajstić information content (AvgIpc) is 2.37. The fourth-order valence-corrected chi connectivity index (χ4v) is 2.56. The van der Waals surface area contributed by atoms with E-state index in [0.717, 1.165) is 25.3 Å². The molecule has 128 valence electrons. The topological polar surface area (TPSA) is 76.6 Å². The first kappa shape index (κ1) is 17.6. The van der Waals surface area contributed by atoms with Gasteiger partial charge >= 0.3 is 6.09 Å². The van der Waals surface area contributed by atoms with E-state index in [1.165, 1.54) is 0 Å². The number of carbonyl (C=O) groups is 1. The van der Waals surface area contributed by atoms with Crippen molar-refractivity contribution in [1.29, 1.82) is 0 Å². The van der Waals surface area contributed by atoms with Gasteiger partial charge in [0.25, 0.3) is 0 Å². The van der Waals surface area contributed by atoms with Crippen LogP contribution in [0.4, 0.5) is 10.6 Å². The molecule has 0 aromatic carbocycles. The minimum atomic E-state index is -0.541. The number of amides is 1. The van der Waals surface area contributed by atoms with Crippen LogP contribution in [0.15, 0.2) is 12.1 Å². The fraction of sp³-hybridized carbons (Fsp3) is 0.688. The van der Waals surface area contributed by atoms with Crippen molar-refractivity contribution in [1.82, 2.24) is 15.1 Å². The zero-order chi connectivity index (χ0) is 17.0. The van der Waals surface area contributed by atoms with Gasteiger partial charge < -0.3 is 9.47 Å². The van der Waals surface area contributed by atoms with Crippen LogP contribution in [-0.2, 0) is 16.0 Å². The summed E-state index contributed by atoms with van der Waals surface area (Å²) >= 11 is 0. The maximum Gasteiger partial charge on any atom is 0.413 e. The summed E-state index contributed by atoms with van der Waals surface area (Å²) in [6.45, 7) is 12.1. The molecule has 1 aliphatic heterocycles. The molecule has 2 unspecified atom stereocenters. The van der Waals surface area contributed by atoms with Crippen molar-refractivity contribution >= 4 is 11.9 Å². The molecule has 1 fully saturated rings. The van der Waals surface area contributed by atoms with Gasteiger partial charge in [-0.15, -0.1) is 5.10 Å². The molecule has 1 N–H and O–H groups in total. The molecule has 0 bridgehead atoms. The minimum Gasteiger partial charge on any atom is -0.444 e. The van der Waals surface area contributed by atoms with Crippen LogP contribution in [0.2, 0.25) is 0 Å². The van der Waals surface area contributed by atoms with Gasteiger partial charge in [0.15, 0.2) is 5.82 Å². The lowest BCUT2D eigenvalue weighted by atomic mass is 10.2. The van der Waals surface area contributed by atoms with Crippen molar-refractivity contribution < 1.29 is 14.3 Å². The number of ether oxygens (including phenoxy) is 2. The first-order valence-electron chi connectivity index (χ1n) is 7.92. The molecule has 1 aliphatic rings. The number of anilines is 1. The van der Waals surface area contributed by atoms with Gasteiger partial charge in [-0.1, -0.05) is 0 Å². The molecule has 7 nitrogen and oxygen atoms in total. The Morgan fingerprint density at radius 3 is 2.48 bits per heavy atom. The molecule has 2 heterocycles. The molecule has 0 radical (unpaired) electrons. The molecule has 0 aliphatic carbocycles. The van der Waals surface area contributed by atoms with Gasteiger partial charge in [-0.3, -0.25) is 10.2 Å². The van der Waals surface area contributed by atoms with E-state index in [0.29, 0.717) is 5.82 Å². The lowest BCUT2D eigenvalue weighted by molar-refractivity contribution is -0.0708. The summed E-state index contributed by atoms with van der Waals surface area (Å²) in [6, 6.07) is 3.60. The summed E-state index contributed by atoms with van der Waals surface area (Å²) in [6.07, 6.45) is -0.0880. The smallest absolute Gasteiger partial charge is 0.413 e. The van der Waals surface area contributed by atoms with E-state index in [-0.39, 0.29) is 12.2 Å². The van der Waals surface area contributed by atoms with Crippen LogP contribution in [0, 0.1) is 0 Å². The predicted molar refractivity (Wildman–Crippen MR) is 87.2 cm³/mol. The van der Waals surface area contributed by atoms with E-state index in [9.17, 15) is 4.79 Å². The number of aromatic nitrogens is 2. The Balaban J connectivity index is 1.88. The third-order valence-electron chi connectivity index (χ3n) is 3.23. The van der Waals surface area contributed by atoms with E-state index in [1.54, 1.807) is 6.07 Å². The van der Waals surface area contributed by atoms with E-state index in [2.05, 4.69) is 34.3 Å². The molecule has 2 atom stereocenters. The first-order chi connectivity index (χ1) is 10.7. The molecule has 1 saturated heterocycles. The number of nitrogens with zero attached hydrogens (tertiary/aromatic N) is 3. The Labute approximate surface area is 137 Å². The zero-order valence-corrected chi connectivity index (χ0v) is 14.5. The van der Waals surface area contributed by atoms with Crippen molar-refractivity contribution in [3.05, 3.63) is 17.8 Å². The van der Waals surface area contributed by atoms with Crippen LogP contribution in [0.1, 0.15) is 40.3 Å². The van der Waals surface area contributed by atoms with Gasteiger partial charge in [-0.05, 0) is 46.8 Å². The summed E-state index contributed by atoms with van der Waals surface area (Å²) in [5, 5.41) is 10.8. The number of nitrogens with one attached hydrogen (secondary N) is 1. The van der Waals surface area contributed by atoms with Gasteiger partial charge in [-0.25, -0.2) is 4.79 Å². The van der Waals surface area contributed by atoms with Crippen LogP contribution in [0.3, 0.4) is 0 Å². The molecule has 0 spiro atoms. The molecule has 7 heteroatoms.